The van der Waals surface area contributed by atoms with Gasteiger partial charge in [-0.2, -0.15) is 0 Å². The van der Waals surface area contributed by atoms with Gasteiger partial charge in [0.2, 0.25) is 0 Å². The fourth-order valence-electron chi connectivity index (χ4n) is 3.58. The zero-order chi connectivity index (χ0) is 19.2. The summed E-state index contributed by atoms with van der Waals surface area (Å²) >= 11 is 0. The third-order valence-corrected chi connectivity index (χ3v) is 4.98. The monoisotopic (exact) mass is 372 g/mol. The van der Waals surface area contributed by atoms with Gasteiger partial charge in [-0.05, 0) is 23.8 Å². The van der Waals surface area contributed by atoms with Crippen LogP contribution in [0.3, 0.4) is 0 Å². The number of nitrogens with one attached hydrogen (secondary N) is 1. The zero-order valence-electron chi connectivity index (χ0n) is 16.5. The third kappa shape index (κ3) is 4.12. The van der Waals surface area contributed by atoms with Crippen molar-refractivity contribution in [2.24, 2.45) is 0 Å². The third-order valence-electron chi connectivity index (χ3n) is 4.98. The number of methoxy groups -OCH3 is 4. The lowest BCUT2D eigenvalue weighted by Crippen LogP contribution is -2.45. The number of ether oxygens (including phenoxy) is 4. The molecular formula is C21H28N2O4. The second-order valence-electron chi connectivity index (χ2n) is 6.41. The average molecular weight is 372 g/mol. The Balaban J connectivity index is 2.11. The van der Waals surface area contributed by atoms with Crippen molar-refractivity contribution in [2.45, 2.75) is 6.04 Å². The Morgan fingerprint density at radius 1 is 0.778 bits per heavy atom. The van der Waals surface area contributed by atoms with E-state index in [1.807, 2.05) is 24.3 Å². The quantitative estimate of drug-likeness (QED) is 0.807. The Labute approximate surface area is 161 Å². The van der Waals surface area contributed by atoms with E-state index in [4.69, 9.17) is 18.9 Å². The Bertz CT molecular complexity index is 743. The van der Waals surface area contributed by atoms with Gasteiger partial charge in [0.05, 0.1) is 34.5 Å². The zero-order valence-corrected chi connectivity index (χ0v) is 16.5. The van der Waals surface area contributed by atoms with E-state index in [-0.39, 0.29) is 6.04 Å². The van der Waals surface area contributed by atoms with Crippen LogP contribution < -0.4 is 24.3 Å². The van der Waals surface area contributed by atoms with Crippen molar-refractivity contribution >= 4 is 0 Å². The molecule has 2 aromatic rings. The highest BCUT2D eigenvalue weighted by Gasteiger charge is 2.28. The summed E-state index contributed by atoms with van der Waals surface area (Å²) < 4.78 is 22.1. The predicted octanol–water partition coefficient (Wildman–Crippen LogP) is 2.72. The molecule has 27 heavy (non-hydrogen) atoms. The van der Waals surface area contributed by atoms with E-state index in [0.717, 1.165) is 43.2 Å². The summed E-state index contributed by atoms with van der Waals surface area (Å²) in [6, 6.07) is 12.2. The first-order chi connectivity index (χ1) is 13.2. The van der Waals surface area contributed by atoms with Crippen LogP contribution >= 0.6 is 0 Å². The number of benzene rings is 2. The highest BCUT2D eigenvalue weighted by Crippen LogP contribution is 2.42. The minimum atomic E-state index is 0.0489. The first-order valence-corrected chi connectivity index (χ1v) is 9.10. The van der Waals surface area contributed by atoms with Crippen molar-refractivity contribution in [1.82, 2.24) is 10.2 Å². The Hall–Kier alpha value is -2.44. The molecule has 3 rings (SSSR count). The Morgan fingerprint density at radius 2 is 1.37 bits per heavy atom. The van der Waals surface area contributed by atoms with Gasteiger partial charge in [0.15, 0.2) is 11.5 Å². The second kappa shape index (κ2) is 8.97. The number of nitrogens with zero attached hydrogens (tertiary/aromatic N) is 1. The number of hydrogen-bond donors (Lipinski definition) is 1. The van der Waals surface area contributed by atoms with Gasteiger partial charge < -0.3 is 24.3 Å². The molecule has 6 heteroatoms. The van der Waals surface area contributed by atoms with Crippen LogP contribution in [0, 0.1) is 0 Å². The molecule has 0 aromatic heterocycles. The minimum Gasteiger partial charge on any atom is -0.497 e. The fraction of sp³-hybridized carbons (Fsp3) is 0.429. The van der Waals surface area contributed by atoms with E-state index >= 15 is 0 Å². The van der Waals surface area contributed by atoms with Gasteiger partial charge in [0, 0.05) is 37.8 Å². The van der Waals surface area contributed by atoms with Crippen LogP contribution in [0.4, 0.5) is 0 Å². The summed E-state index contributed by atoms with van der Waals surface area (Å²) in [7, 11) is 6.66. The molecule has 6 nitrogen and oxygen atoms in total. The lowest BCUT2D eigenvalue weighted by Gasteiger charge is -2.36. The molecule has 0 aliphatic carbocycles. The summed E-state index contributed by atoms with van der Waals surface area (Å²) in [6.45, 7) is 3.83. The van der Waals surface area contributed by atoms with Crippen molar-refractivity contribution in [3.05, 3.63) is 47.5 Å². The van der Waals surface area contributed by atoms with Crippen LogP contribution in [-0.2, 0) is 0 Å². The number of piperazine rings is 1. The molecule has 0 bridgehead atoms. The maximum absolute atomic E-state index is 5.72. The molecular weight excluding hydrogens is 344 g/mol. The highest BCUT2D eigenvalue weighted by atomic mass is 16.5. The summed E-state index contributed by atoms with van der Waals surface area (Å²) in [5.74, 6) is 2.98. The van der Waals surface area contributed by atoms with Gasteiger partial charge in [-0.15, -0.1) is 0 Å². The molecule has 1 aliphatic heterocycles. The second-order valence-corrected chi connectivity index (χ2v) is 6.41. The first kappa shape index (κ1) is 19.3. The highest BCUT2D eigenvalue weighted by molar-refractivity contribution is 5.54. The SMILES string of the molecule is COc1ccc(C(c2cc(OC)c(OC)cc2OC)N2CCNCC2)cc1. The standard InChI is InChI=1S/C21H28N2O4/c1-24-16-7-5-15(6-8-16)21(23-11-9-22-10-12-23)17-13-19(26-3)20(27-4)14-18(17)25-2/h5-8,13-14,21-22H,9-12H2,1-4H3. The van der Waals surface area contributed by atoms with Gasteiger partial charge in [0.25, 0.3) is 0 Å². The van der Waals surface area contributed by atoms with Crippen LogP contribution in [0.25, 0.3) is 0 Å². The molecule has 146 valence electrons. The Kier molecular flexibility index (Phi) is 6.42. The maximum atomic E-state index is 5.72. The average Bonchev–Trinajstić information content (AvgIpc) is 2.74. The minimum absolute atomic E-state index is 0.0489. The van der Waals surface area contributed by atoms with Crippen molar-refractivity contribution in [3.8, 4) is 23.0 Å². The summed E-state index contributed by atoms with van der Waals surface area (Å²) in [4.78, 5) is 2.46. The summed E-state index contributed by atoms with van der Waals surface area (Å²) in [5.41, 5.74) is 2.24. The molecule has 1 atom stereocenters. The Morgan fingerprint density at radius 3 is 1.93 bits per heavy atom. The van der Waals surface area contributed by atoms with Crippen LogP contribution in [0.5, 0.6) is 23.0 Å². The molecule has 1 fully saturated rings. The van der Waals surface area contributed by atoms with Gasteiger partial charge >= 0.3 is 0 Å². The maximum Gasteiger partial charge on any atom is 0.164 e. The lowest BCUT2D eigenvalue weighted by molar-refractivity contribution is 0.195. The molecule has 0 amide bonds. The molecule has 1 saturated heterocycles. The normalized spacial score (nSPS) is 15.9. The first-order valence-electron chi connectivity index (χ1n) is 9.10. The summed E-state index contributed by atoms with van der Waals surface area (Å²) in [5, 5.41) is 3.42. The largest absolute Gasteiger partial charge is 0.497 e. The molecule has 1 N–H and O–H groups in total. The lowest BCUT2D eigenvalue weighted by atomic mass is 9.95. The van der Waals surface area contributed by atoms with E-state index in [0.29, 0.717) is 11.5 Å². The van der Waals surface area contributed by atoms with Crippen LogP contribution in [0.1, 0.15) is 17.2 Å². The van der Waals surface area contributed by atoms with Crippen LogP contribution in [0.15, 0.2) is 36.4 Å². The fourth-order valence-corrected chi connectivity index (χ4v) is 3.58. The topological polar surface area (TPSA) is 52.2 Å². The van der Waals surface area contributed by atoms with E-state index < -0.39 is 0 Å². The number of hydrogen-bond acceptors (Lipinski definition) is 6. The van der Waals surface area contributed by atoms with Crippen molar-refractivity contribution in [3.63, 3.8) is 0 Å². The van der Waals surface area contributed by atoms with E-state index in [9.17, 15) is 0 Å². The van der Waals surface area contributed by atoms with E-state index in [1.165, 1.54) is 5.56 Å². The van der Waals surface area contributed by atoms with Gasteiger partial charge in [-0.25, -0.2) is 0 Å². The van der Waals surface area contributed by atoms with Crippen molar-refractivity contribution < 1.29 is 18.9 Å². The van der Waals surface area contributed by atoms with Crippen LogP contribution in [0.2, 0.25) is 0 Å². The van der Waals surface area contributed by atoms with Gasteiger partial charge in [-0.1, -0.05) is 12.1 Å². The van der Waals surface area contributed by atoms with Gasteiger partial charge in [0.1, 0.15) is 11.5 Å². The molecule has 1 heterocycles. The molecule has 0 saturated carbocycles. The smallest absolute Gasteiger partial charge is 0.164 e. The van der Waals surface area contributed by atoms with Crippen molar-refractivity contribution in [2.75, 3.05) is 54.6 Å². The molecule has 1 unspecified atom stereocenters. The molecule has 1 aliphatic rings. The van der Waals surface area contributed by atoms with Gasteiger partial charge in [-0.3, -0.25) is 4.90 Å². The van der Waals surface area contributed by atoms with E-state index in [1.54, 1.807) is 28.4 Å². The molecule has 2 aromatic carbocycles. The summed E-state index contributed by atoms with van der Waals surface area (Å²) in [6.07, 6.45) is 0. The van der Waals surface area contributed by atoms with Crippen LogP contribution in [-0.4, -0.2) is 59.5 Å². The number of rotatable bonds is 7. The van der Waals surface area contributed by atoms with Crippen molar-refractivity contribution in [1.29, 1.82) is 0 Å². The molecule has 0 radical (unpaired) electrons. The predicted molar refractivity (Wildman–Crippen MR) is 105 cm³/mol. The molecule has 0 spiro atoms. The van der Waals surface area contributed by atoms with E-state index in [2.05, 4.69) is 22.3 Å².